The summed E-state index contributed by atoms with van der Waals surface area (Å²) in [5.41, 5.74) is 4.10. The number of anilines is 1. The summed E-state index contributed by atoms with van der Waals surface area (Å²) in [7, 11) is 0. The SMILES string of the molecule is CCOc1ccccc1-c1cnc2ccc(NC(=O)CCC[C@H](C)CCCc3ccccc3)nc2n1. The summed E-state index contributed by atoms with van der Waals surface area (Å²) in [6, 6.07) is 21.9. The quantitative estimate of drug-likeness (QED) is 0.239. The molecule has 0 bridgehead atoms. The molecule has 1 amide bonds. The largest absolute Gasteiger partial charge is 0.493 e. The molecule has 0 radical (unpaired) electrons. The van der Waals surface area contributed by atoms with Gasteiger partial charge in [-0.05, 0) is 61.9 Å². The van der Waals surface area contributed by atoms with Crippen molar-refractivity contribution in [1.29, 1.82) is 0 Å². The van der Waals surface area contributed by atoms with E-state index in [1.165, 1.54) is 18.4 Å². The number of pyridine rings is 1. The Labute approximate surface area is 213 Å². The van der Waals surface area contributed by atoms with Crippen molar-refractivity contribution in [1.82, 2.24) is 15.0 Å². The molecule has 6 nitrogen and oxygen atoms in total. The van der Waals surface area contributed by atoms with Crippen LogP contribution < -0.4 is 10.1 Å². The summed E-state index contributed by atoms with van der Waals surface area (Å²) < 4.78 is 5.73. The zero-order chi connectivity index (χ0) is 25.2. The lowest BCUT2D eigenvalue weighted by Crippen LogP contribution is -2.13. The molecule has 0 aliphatic carbocycles. The van der Waals surface area contributed by atoms with Crippen molar-refractivity contribution in [3.8, 4) is 17.0 Å². The van der Waals surface area contributed by atoms with E-state index in [-0.39, 0.29) is 5.91 Å². The number of hydrogen-bond acceptors (Lipinski definition) is 5. The van der Waals surface area contributed by atoms with E-state index in [2.05, 4.69) is 57.5 Å². The molecule has 0 aliphatic heterocycles. The molecule has 0 spiro atoms. The number of fused-ring (bicyclic) bond motifs is 1. The van der Waals surface area contributed by atoms with E-state index in [9.17, 15) is 4.79 Å². The molecule has 4 aromatic rings. The molecule has 36 heavy (non-hydrogen) atoms. The molecule has 1 N–H and O–H groups in total. The van der Waals surface area contributed by atoms with Gasteiger partial charge in [-0.3, -0.25) is 9.78 Å². The first-order valence-electron chi connectivity index (χ1n) is 12.8. The van der Waals surface area contributed by atoms with E-state index in [4.69, 9.17) is 4.74 Å². The molecule has 1 atom stereocenters. The second kappa shape index (κ2) is 12.8. The normalized spacial score (nSPS) is 11.8. The Balaban J connectivity index is 1.29. The number of benzene rings is 2. The lowest BCUT2D eigenvalue weighted by molar-refractivity contribution is -0.116. The van der Waals surface area contributed by atoms with Gasteiger partial charge in [0.15, 0.2) is 5.65 Å². The molecule has 0 saturated heterocycles. The highest BCUT2D eigenvalue weighted by atomic mass is 16.5. The number of amides is 1. The Morgan fingerprint density at radius 3 is 2.56 bits per heavy atom. The molecule has 2 aromatic heterocycles. The predicted molar refractivity (Wildman–Crippen MR) is 145 cm³/mol. The molecule has 4 rings (SSSR count). The van der Waals surface area contributed by atoms with Gasteiger partial charge in [0.2, 0.25) is 5.91 Å². The van der Waals surface area contributed by atoms with E-state index in [0.29, 0.717) is 41.6 Å². The Morgan fingerprint density at radius 2 is 1.72 bits per heavy atom. The van der Waals surface area contributed by atoms with Gasteiger partial charge in [0.05, 0.1) is 18.5 Å². The molecule has 6 heteroatoms. The van der Waals surface area contributed by atoms with Crippen LogP contribution in [0.5, 0.6) is 5.75 Å². The summed E-state index contributed by atoms with van der Waals surface area (Å²) in [5, 5.41) is 2.92. The van der Waals surface area contributed by atoms with E-state index in [1.807, 2.05) is 37.3 Å². The number of carbonyl (C=O) groups is 1. The summed E-state index contributed by atoms with van der Waals surface area (Å²) in [6.07, 6.45) is 7.58. The minimum atomic E-state index is -0.0239. The third-order valence-electron chi connectivity index (χ3n) is 6.24. The van der Waals surface area contributed by atoms with Crippen molar-refractivity contribution in [2.75, 3.05) is 11.9 Å². The van der Waals surface area contributed by atoms with Crippen molar-refractivity contribution in [2.45, 2.75) is 52.4 Å². The minimum absolute atomic E-state index is 0.0239. The van der Waals surface area contributed by atoms with Crippen LogP contribution in [0, 0.1) is 5.92 Å². The molecule has 0 unspecified atom stereocenters. The number of carbonyl (C=O) groups excluding carboxylic acids is 1. The van der Waals surface area contributed by atoms with Gasteiger partial charge < -0.3 is 10.1 Å². The van der Waals surface area contributed by atoms with Crippen LogP contribution in [0.3, 0.4) is 0 Å². The van der Waals surface area contributed by atoms with Crippen molar-refractivity contribution in [2.24, 2.45) is 5.92 Å². The highest BCUT2D eigenvalue weighted by Gasteiger charge is 2.11. The number of ether oxygens (including phenoxy) is 1. The lowest BCUT2D eigenvalue weighted by atomic mass is 9.96. The second-order valence-corrected chi connectivity index (χ2v) is 9.15. The molecule has 0 fully saturated rings. The van der Waals surface area contributed by atoms with E-state index in [1.54, 1.807) is 12.3 Å². The Bertz CT molecular complexity index is 1280. The Hall–Kier alpha value is -3.80. The Morgan fingerprint density at radius 1 is 0.944 bits per heavy atom. The average Bonchev–Trinajstić information content (AvgIpc) is 2.89. The van der Waals surface area contributed by atoms with Crippen LogP contribution in [-0.4, -0.2) is 27.5 Å². The monoisotopic (exact) mass is 482 g/mol. The summed E-state index contributed by atoms with van der Waals surface area (Å²) in [5.74, 6) is 1.83. The van der Waals surface area contributed by atoms with Gasteiger partial charge in [-0.1, -0.05) is 62.2 Å². The average molecular weight is 483 g/mol. The second-order valence-electron chi connectivity index (χ2n) is 9.15. The highest BCUT2D eigenvalue weighted by Crippen LogP contribution is 2.29. The third kappa shape index (κ3) is 7.11. The lowest BCUT2D eigenvalue weighted by Gasteiger charge is -2.11. The maximum absolute atomic E-state index is 12.5. The third-order valence-corrected chi connectivity index (χ3v) is 6.24. The highest BCUT2D eigenvalue weighted by molar-refractivity contribution is 5.90. The van der Waals surface area contributed by atoms with E-state index in [0.717, 1.165) is 30.6 Å². The van der Waals surface area contributed by atoms with Gasteiger partial charge in [-0.25, -0.2) is 9.97 Å². The standard InChI is InChI=1S/C30H34N4O2/c1-3-36-27-17-8-7-16-24(27)26-21-31-25-19-20-28(34-30(25)32-26)33-29(35)18-10-12-22(2)11-9-15-23-13-5-4-6-14-23/h4-8,13-14,16-17,19-22H,3,9-12,15,18H2,1-2H3,(H,32,33,34,35)/t22-/m1/s1. The van der Waals surface area contributed by atoms with Crippen LogP contribution in [0.2, 0.25) is 0 Å². The van der Waals surface area contributed by atoms with Gasteiger partial charge in [0, 0.05) is 12.0 Å². The summed E-state index contributed by atoms with van der Waals surface area (Å²) >= 11 is 0. The number of aromatic nitrogens is 3. The fraction of sp³-hybridized carbons (Fsp3) is 0.333. The zero-order valence-electron chi connectivity index (χ0n) is 21.1. The maximum atomic E-state index is 12.5. The van der Waals surface area contributed by atoms with E-state index >= 15 is 0 Å². The van der Waals surface area contributed by atoms with Crippen molar-refractivity contribution < 1.29 is 9.53 Å². The van der Waals surface area contributed by atoms with Crippen LogP contribution in [0.15, 0.2) is 72.9 Å². The van der Waals surface area contributed by atoms with Crippen LogP contribution in [0.1, 0.15) is 51.5 Å². The first-order chi connectivity index (χ1) is 17.6. The summed E-state index contributed by atoms with van der Waals surface area (Å²) in [6.45, 7) is 4.79. The molecule has 2 heterocycles. The smallest absolute Gasteiger partial charge is 0.225 e. The topological polar surface area (TPSA) is 77.0 Å². The first-order valence-corrected chi connectivity index (χ1v) is 12.8. The molecule has 2 aromatic carbocycles. The fourth-order valence-electron chi connectivity index (χ4n) is 4.32. The number of hydrogen-bond donors (Lipinski definition) is 1. The van der Waals surface area contributed by atoms with Gasteiger partial charge in [-0.15, -0.1) is 0 Å². The number of nitrogens with zero attached hydrogens (tertiary/aromatic N) is 3. The van der Waals surface area contributed by atoms with Crippen LogP contribution in [-0.2, 0) is 11.2 Å². The van der Waals surface area contributed by atoms with Crippen molar-refractivity contribution in [3.63, 3.8) is 0 Å². The molecule has 0 aliphatic rings. The number of para-hydroxylation sites is 1. The Kier molecular flexibility index (Phi) is 8.98. The molecular formula is C30H34N4O2. The van der Waals surface area contributed by atoms with Crippen molar-refractivity contribution in [3.05, 3.63) is 78.5 Å². The van der Waals surface area contributed by atoms with E-state index < -0.39 is 0 Å². The van der Waals surface area contributed by atoms with Crippen molar-refractivity contribution >= 4 is 22.9 Å². The molecule has 186 valence electrons. The predicted octanol–water partition coefficient (Wildman–Crippen LogP) is 6.86. The first kappa shape index (κ1) is 25.3. The van der Waals surface area contributed by atoms with Crippen LogP contribution in [0.4, 0.5) is 5.82 Å². The van der Waals surface area contributed by atoms with Crippen LogP contribution in [0.25, 0.3) is 22.4 Å². The molecular weight excluding hydrogens is 448 g/mol. The maximum Gasteiger partial charge on any atom is 0.225 e. The molecule has 0 saturated carbocycles. The number of nitrogens with one attached hydrogen (secondary N) is 1. The van der Waals surface area contributed by atoms with Gasteiger partial charge in [0.1, 0.15) is 17.1 Å². The number of aryl methyl sites for hydroxylation is 1. The van der Waals surface area contributed by atoms with Gasteiger partial charge in [0.25, 0.3) is 0 Å². The van der Waals surface area contributed by atoms with Crippen LogP contribution >= 0.6 is 0 Å². The minimum Gasteiger partial charge on any atom is -0.493 e. The fourth-order valence-corrected chi connectivity index (χ4v) is 4.32. The summed E-state index contributed by atoms with van der Waals surface area (Å²) in [4.78, 5) is 26.3. The number of rotatable bonds is 12. The van der Waals surface area contributed by atoms with Gasteiger partial charge >= 0.3 is 0 Å². The zero-order valence-corrected chi connectivity index (χ0v) is 21.1. The van der Waals surface area contributed by atoms with Gasteiger partial charge in [-0.2, -0.15) is 0 Å².